The van der Waals surface area contributed by atoms with E-state index < -0.39 is 5.72 Å². The van der Waals surface area contributed by atoms with E-state index in [1.807, 2.05) is 25.2 Å². The van der Waals surface area contributed by atoms with Gasteiger partial charge in [0.2, 0.25) is 0 Å². The summed E-state index contributed by atoms with van der Waals surface area (Å²) in [7, 11) is 0. The summed E-state index contributed by atoms with van der Waals surface area (Å²) in [6.07, 6.45) is 8.82. The van der Waals surface area contributed by atoms with Gasteiger partial charge in [0.15, 0.2) is 0 Å². The summed E-state index contributed by atoms with van der Waals surface area (Å²) >= 11 is 0. The van der Waals surface area contributed by atoms with Gasteiger partial charge in [0.25, 0.3) is 0 Å². The highest BCUT2D eigenvalue weighted by Crippen LogP contribution is 2.18. The summed E-state index contributed by atoms with van der Waals surface area (Å²) in [6.45, 7) is 3.32. The number of nitrogens with one attached hydrogen (secondary N) is 1. The van der Waals surface area contributed by atoms with Gasteiger partial charge in [0.05, 0.1) is 6.61 Å². The maximum atomic E-state index is 8.72. The second kappa shape index (κ2) is 5.17. The summed E-state index contributed by atoms with van der Waals surface area (Å²) in [5, 5.41) is 11.9. The van der Waals surface area contributed by atoms with E-state index in [-0.39, 0.29) is 6.61 Å². The Bertz CT molecular complexity index is 201. The summed E-state index contributed by atoms with van der Waals surface area (Å²) in [5.41, 5.74) is -0.397. The molecule has 0 radical (unpaired) electrons. The Kier molecular flexibility index (Phi) is 4.15. The maximum Gasteiger partial charge on any atom is 0.142 e. The first kappa shape index (κ1) is 10.4. The van der Waals surface area contributed by atoms with Gasteiger partial charge in [-0.1, -0.05) is 18.2 Å². The van der Waals surface area contributed by atoms with E-state index >= 15 is 0 Å². The molecule has 0 heterocycles. The summed E-state index contributed by atoms with van der Waals surface area (Å²) < 4.78 is 5.61. The average Bonchev–Trinajstić information content (AvgIpc) is 2.17. The molecule has 1 aliphatic rings. The van der Waals surface area contributed by atoms with Crippen molar-refractivity contribution in [1.29, 1.82) is 0 Å². The highest BCUT2D eigenvalue weighted by molar-refractivity contribution is 5.17. The van der Waals surface area contributed by atoms with E-state index in [0.717, 1.165) is 6.42 Å². The van der Waals surface area contributed by atoms with Crippen molar-refractivity contribution in [2.45, 2.75) is 19.1 Å². The third-order valence-corrected chi connectivity index (χ3v) is 1.97. The van der Waals surface area contributed by atoms with Crippen LogP contribution in [-0.4, -0.2) is 30.6 Å². The van der Waals surface area contributed by atoms with Gasteiger partial charge in [-0.25, -0.2) is 0 Å². The van der Waals surface area contributed by atoms with E-state index in [0.29, 0.717) is 13.2 Å². The molecule has 74 valence electrons. The predicted octanol–water partition coefficient (Wildman–Crippen LogP) is 0.817. The smallest absolute Gasteiger partial charge is 0.142 e. The largest absolute Gasteiger partial charge is 0.395 e. The van der Waals surface area contributed by atoms with Crippen molar-refractivity contribution in [3.63, 3.8) is 0 Å². The molecule has 0 aliphatic heterocycles. The third kappa shape index (κ3) is 2.95. The molecular weight excluding hydrogens is 166 g/mol. The molecular formula is C10H17NO2. The van der Waals surface area contributed by atoms with Crippen molar-refractivity contribution in [3.8, 4) is 0 Å². The van der Waals surface area contributed by atoms with Crippen molar-refractivity contribution < 1.29 is 9.84 Å². The fourth-order valence-corrected chi connectivity index (χ4v) is 1.41. The van der Waals surface area contributed by atoms with Gasteiger partial charge in [-0.3, -0.25) is 5.32 Å². The van der Waals surface area contributed by atoms with Crippen molar-refractivity contribution >= 4 is 0 Å². The molecule has 1 unspecified atom stereocenters. The van der Waals surface area contributed by atoms with Gasteiger partial charge in [-0.15, -0.1) is 0 Å². The fraction of sp³-hybridized carbons (Fsp3) is 0.600. The van der Waals surface area contributed by atoms with Crippen molar-refractivity contribution in [1.82, 2.24) is 5.32 Å². The van der Waals surface area contributed by atoms with Crippen LogP contribution in [0.1, 0.15) is 13.3 Å². The second-order valence-corrected chi connectivity index (χ2v) is 2.96. The summed E-state index contributed by atoms with van der Waals surface area (Å²) in [6, 6.07) is 0. The van der Waals surface area contributed by atoms with Crippen LogP contribution in [0.25, 0.3) is 0 Å². The molecule has 2 N–H and O–H groups in total. The van der Waals surface area contributed by atoms with E-state index in [9.17, 15) is 0 Å². The highest BCUT2D eigenvalue weighted by Gasteiger charge is 2.25. The molecule has 1 atom stereocenters. The summed E-state index contributed by atoms with van der Waals surface area (Å²) in [5.74, 6) is 0. The lowest BCUT2D eigenvalue weighted by molar-refractivity contribution is -0.0277. The maximum absolute atomic E-state index is 8.72. The van der Waals surface area contributed by atoms with Crippen LogP contribution in [0.2, 0.25) is 0 Å². The molecule has 3 nitrogen and oxygen atoms in total. The molecule has 0 saturated heterocycles. The van der Waals surface area contributed by atoms with Gasteiger partial charge in [-0.2, -0.15) is 0 Å². The minimum absolute atomic E-state index is 0.131. The van der Waals surface area contributed by atoms with Crippen LogP contribution in [0.5, 0.6) is 0 Å². The number of hydrogen-bond acceptors (Lipinski definition) is 3. The number of rotatable bonds is 5. The SMILES string of the molecule is CCOC1(NCCO)C=CC=CC1. The van der Waals surface area contributed by atoms with Crippen molar-refractivity contribution in [2.75, 3.05) is 19.8 Å². The van der Waals surface area contributed by atoms with Crippen LogP contribution < -0.4 is 5.32 Å². The first-order valence-electron chi connectivity index (χ1n) is 4.67. The van der Waals surface area contributed by atoms with Crippen LogP contribution >= 0.6 is 0 Å². The van der Waals surface area contributed by atoms with Crippen molar-refractivity contribution in [2.24, 2.45) is 0 Å². The first-order valence-corrected chi connectivity index (χ1v) is 4.67. The number of allylic oxidation sites excluding steroid dienone is 2. The zero-order valence-corrected chi connectivity index (χ0v) is 7.99. The van der Waals surface area contributed by atoms with Gasteiger partial charge in [0, 0.05) is 19.6 Å². The number of aliphatic hydroxyl groups is 1. The molecule has 0 aromatic rings. The lowest BCUT2D eigenvalue weighted by Gasteiger charge is -2.32. The molecule has 0 fully saturated rings. The Hall–Kier alpha value is -0.640. The van der Waals surface area contributed by atoms with Crippen LogP contribution in [-0.2, 0) is 4.74 Å². The number of ether oxygens (including phenoxy) is 1. The topological polar surface area (TPSA) is 41.5 Å². The fourth-order valence-electron chi connectivity index (χ4n) is 1.41. The van der Waals surface area contributed by atoms with E-state index in [2.05, 4.69) is 11.4 Å². The monoisotopic (exact) mass is 183 g/mol. The summed E-state index contributed by atoms with van der Waals surface area (Å²) in [4.78, 5) is 0. The predicted molar refractivity (Wildman–Crippen MR) is 52.3 cm³/mol. The van der Waals surface area contributed by atoms with E-state index in [1.165, 1.54) is 0 Å². The molecule has 0 amide bonds. The van der Waals surface area contributed by atoms with Gasteiger partial charge >= 0.3 is 0 Å². The number of aliphatic hydroxyl groups excluding tert-OH is 1. The first-order chi connectivity index (χ1) is 6.33. The standard InChI is InChI=1S/C10H17NO2/c1-2-13-10(11-8-9-12)6-4-3-5-7-10/h3-6,11-12H,2,7-9H2,1H3. The normalized spacial score (nSPS) is 26.6. The Morgan fingerprint density at radius 2 is 2.38 bits per heavy atom. The van der Waals surface area contributed by atoms with Crippen LogP contribution in [0.4, 0.5) is 0 Å². The Morgan fingerprint density at radius 1 is 1.54 bits per heavy atom. The van der Waals surface area contributed by atoms with Gasteiger partial charge in [0.1, 0.15) is 5.72 Å². The molecule has 3 heteroatoms. The zero-order valence-electron chi connectivity index (χ0n) is 7.99. The average molecular weight is 183 g/mol. The van der Waals surface area contributed by atoms with Crippen LogP contribution in [0.3, 0.4) is 0 Å². The van der Waals surface area contributed by atoms with Crippen LogP contribution in [0, 0.1) is 0 Å². The molecule has 1 rings (SSSR count). The highest BCUT2D eigenvalue weighted by atomic mass is 16.5. The zero-order chi connectivity index (χ0) is 9.57. The van der Waals surface area contributed by atoms with Crippen molar-refractivity contribution in [3.05, 3.63) is 24.3 Å². The number of hydrogen-bond donors (Lipinski definition) is 2. The quantitative estimate of drug-likeness (QED) is 0.620. The minimum atomic E-state index is -0.397. The van der Waals surface area contributed by atoms with E-state index in [4.69, 9.17) is 9.84 Å². The molecule has 0 aromatic carbocycles. The Morgan fingerprint density at radius 3 is 2.92 bits per heavy atom. The molecule has 0 spiro atoms. The molecule has 0 aromatic heterocycles. The van der Waals surface area contributed by atoms with Gasteiger partial charge < -0.3 is 9.84 Å². The lowest BCUT2D eigenvalue weighted by Crippen LogP contribution is -2.47. The Labute approximate surface area is 79.1 Å². The minimum Gasteiger partial charge on any atom is -0.395 e. The molecule has 1 aliphatic carbocycles. The molecule has 13 heavy (non-hydrogen) atoms. The lowest BCUT2D eigenvalue weighted by atomic mass is 10.0. The van der Waals surface area contributed by atoms with Gasteiger partial charge in [-0.05, 0) is 13.0 Å². The van der Waals surface area contributed by atoms with E-state index in [1.54, 1.807) is 0 Å². The second-order valence-electron chi connectivity index (χ2n) is 2.96. The molecule has 0 saturated carbocycles. The molecule has 0 bridgehead atoms. The Balaban J connectivity index is 2.53. The third-order valence-electron chi connectivity index (χ3n) is 1.97. The van der Waals surface area contributed by atoms with Crippen LogP contribution in [0.15, 0.2) is 24.3 Å².